The number of unbranched alkanes of at least 4 members (excludes halogenated alkanes) is 1. The lowest BCUT2D eigenvalue weighted by molar-refractivity contribution is 0.457. The first-order valence-corrected chi connectivity index (χ1v) is 7.22. The highest BCUT2D eigenvalue weighted by molar-refractivity contribution is 5.14. The third kappa shape index (κ3) is 4.91. The Morgan fingerprint density at radius 3 is 2.76 bits per heavy atom. The molecule has 94 valence electrons. The number of hydrogen-bond donors (Lipinski definition) is 1. The van der Waals surface area contributed by atoms with Crippen LogP contribution in [-0.2, 0) is 6.42 Å². The highest BCUT2D eigenvalue weighted by Gasteiger charge is 2.10. The fourth-order valence-corrected chi connectivity index (χ4v) is 2.71. The standard InChI is InChI=1S/C16H25N/c1-3-9-15(10-4-1)11-6-7-13-16-12-5-2-8-14-17-16/h1,3-4,9-10,16-17H,2,5-8,11-14H2. The molecule has 1 heteroatoms. The molecular weight excluding hydrogens is 206 g/mol. The highest BCUT2D eigenvalue weighted by atomic mass is 14.9. The summed E-state index contributed by atoms with van der Waals surface area (Å²) >= 11 is 0. The molecule has 0 radical (unpaired) electrons. The Labute approximate surface area is 106 Å². The molecule has 1 fully saturated rings. The summed E-state index contributed by atoms with van der Waals surface area (Å²) < 4.78 is 0. The molecule has 17 heavy (non-hydrogen) atoms. The predicted molar refractivity (Wildman–Crippen MR) is 74.3 cm³/mol. The van der Waals surface area contributed by atoms with Crippen molar-refractivity contribution in [2.45, 2.75) is 57.4 Å². The molecule has 0 bridgehead atoms. The molecular formula is C16H25N. The summed E-state index contributed by atoms with van der Waals surface area (Å²) in [6.45, 7) is 1.24. The van der Waals surface area contributed by atoms with Gasteiger partial charge in [-0.3, -0.25) is 0 Å². The van der Waals surface area contributed by atoms with Gasteiger partial charge in [-0.15, -0.1) is 0 Å². The molecule has 0 saturated carbocycles. The Bertz CT molecular complexity index is 286. The van der Waals surface area contributed by atoms with E-state index < -0.39 is 0 Å². The molecule has 0 aromatic heterocycles. The maximum atomic E-state index is 3.68. The summed E-state index contributed by atoms with van der Waals surface area (Å²) in [5.74, 6) is 0. The van der Waals surface area contributed by atoms with Gasteiger partial charge in [-0.2, -0.15) is 0 Å². The van der Waals surface area contributed by atoms with E-state index in [9.17, 15) is 0 Å². The molecule has 1 saturated heterocycles. The monoisotopic (exact) mass is 231 g/mol. The number of benzene rings is 1. The molecule has 1 aromatic rings. The first kappa shape index (κ1) is 12.6. The minimum absolute atomic E-state index is 0.799. The van der Waals surface area contributed by atoms with E-state index >= 15 is 0 Å². The smallest absolute Gasteiger partial charge is 0.00670 e. The van der Waals surface area contributed by atoms with Crippen LogP contribution in [0, 0.1) is 0 Å². The van der Waals surface area contributed by atoms with Gasteiger partial charge in [-0.25, -0.2) is 0 Å². The molecule has 1 aliphatic rings. The molecule has 1 atom stereocenters. The number of hydrogen-bond acceptors (Lipinski definition) is 1. The van der Waals surface area contributed by atoms with Crippen molar-refractivity contribution in [2.24, 2.45) is 0 Å². The van der Waals surface area contributed by atoms with Crippen LogP contribution < -0.4 is 5.32 Å². The second kappa shape index (κ2) is 7.50. The van der Waals surface area contributed by atoms with Crippen LogP contribution in [0.5, 0.6) is 0 Å². The number of aryl methyl sites for hydroxylation is 1. The average Bonchev–Trinajstić information content (AvgIpc) is 2.65. The molecule has 1 aliphatic heterocycles. The van der Waals surface area contributed by atoms with Gasteiger partial charge in [-0.1, -0.05) is 49.6 Å². The van der Waals surface area contributed by atoms with E-state index in [4.69, 9.17) is 0 Å². The van der Waals surface area contributed by atoms with Crippen molar-refractivity contribution in [1.82, 2.24) is 5.32 Å². The predicted octanol–water partition coefficient (Wildman–Crippen LogP) is 3.93. The lowest BCUT2D eigenvalue weighted by Crippen LogP contribution is -2.27. The summed E-state index contributed by atoms with van der Waals surface area (Å²) in [6, 6.07) is 11.7. The highest BCUT2D eigenvalue weighted by Crippen LogP contribution is 2.14. The van der Waals surface area contributed by atoms with Crippen molar-refractivity contribution in [1.29, 1.82) is 0 Å². The van der Waals surface area contributed by atoms with Crippen molar-refractivity contribution in [3.63, 3.8) is 0 Å². The summed E-state index contributed by atoms with van der Waals surface area (Å²) in [5, 5.41) is 3.68. The second-order valence-corrected chi connectivity index (χ2v) is 5.23. The van der Waals surface area contributed by atoms with Gasteiger partial charge in [0.1, 0.15) is 0 Å². The third-order valence-electron chi connectivity index (χ3n) is 3.77. The van der Waals surface area contributed by atoms with Gasteiger partial charge in [0, 0.05) is 6.04 Å². The molecule has 1 heterocycles. The van der Waals surface area contributed by atoms with Crippen LogP contribution in [0.25, 0.3) is 0 Å². The van der Waals surface area contributed by atoms with E-state index in [2.05, 4.69) is 35.6 Å². The van der Waals surface area contributed by atoms with E-state index in [-0.39, 0.29) is 0 Å². The first-order valence-electron chi connectivity index (χ1n) is 7.22. The van der Waals surface area contributed by atoms with Gasteiger partial charge in [0.25, 0.3) is 0 Å². The van der Waals surface area contributed by atoms with Gasteiger partial charge in [0.2, 0.25) is 0 Å². The van der Waals surface area contributed by atoms with Crippen molar-refractivity contribution in [2.75, 3.05) is 6.54 Å². The van der Waals surface area contributed by atoms with Crippen molar-refractivity contribution in [3.05, 3.63) is 35.9 Å². The lowest BCUT2D eigenvalue weighted by atomic mass is 10.0. The van der Waals surface area contributed by atoms with Gasteiger partial charge < -0.3 is 5.32 Å². The summed E-state index contributed by atoms with van der Waals surface area (Å²) in [5.41, 5.74) is 1.49. The van der Waals surface area contributed by atoms with Crippen LogP contribution in [-0.4, -0.2) is 12.6 Å². The van der Waals surface area contributed by atoms with Gasteiger partial charge >= 0.3 is 0 Å². The molecule has 1 nitrogen and oxygen atoms in total. The Balaban J connectivity index is 1.59. The molecule has 0 aliphatic carbocycles. The normalized spacial score (nSPS) is 21.1. The minimum Gasteiger partial charge on any atom is -0.314 e. The van der Waals surface area contributed by atoms with Crippen LogP contribution >= 0.6 is 0 Å². The van der Waals surface area contributed by atoms with Crippen LogP contribution in [0.4, 0.5) is 0 Å². The molecule has 1 unspecified atom stereocenters. The number of nitrogens with one attached hydrogen (secondary N) is 1. The van der Waals surface area contributed by atoms with Crippen LogP contribution in [0.1, 0.15) is 50.5 Å². The average molecular weight is 231 g/mol. The second-order valence-electron chi connectivity index (χ2n) is 5.23. The number of rotatable bonds is 5. The Hall–Kier alpha value is -0.820. The topological polar surface area (TPSA) is 12.0 Å². The van der Waals surface area contributed by atoms with Gasteiger partial charge in [0.15, 0.2) is 0 Å². The first-order chi connectivity index (χ1) is 8.45. The van der Waals surface area contributed by atoms with E-state index in [1.165, 1.54) is 63.5 Å². The van der Waals surface area contributed by atoms with Gasteiger partial charge in [0.05, 0.1) is 0 Å². The summed E-state index contributed by atoms with van der Waals surface area (Å²) in [6.07, 6.45) is 10.9. The maximum absolute atomic E-state index is 3.68. The van der Waals surface area contributed by atoms with Crippen molar-refractivity contribution < 1.29 is 0 Å². The Morgan fingerprint density at radius 2 is 1.88 bits per heavy atom. The van der Waals surface area contributed by atoms with Crippen molar-refractivity contribution in [3.8, 4) is 0 Å². The molecule has 1 aromatic carbocycles. The van der Waals surface area contributed by atoms with Crippen LogP contribution in [0.2, 0.25) is 0 Å². The SMILES string of the molecule is c1ccc(CCCCC2CCCCCN2)cc1. The molecule has 0 spiro atoms. The third-order valence-corrected chi connectivity index (χ3v) is 3.77. The van der Waals surface area contributed by atoms with Gasteiger partial charge in [-0.05, 0) is 44.2 Å². The zero-order valence-corrected chi connectivity index (χ0v) is 10.8. The lowest BCUT2D eigenvalue weighted by Gasteiger charge is -2.15. The summed E-state index contributed by atoms with van der Waals surface area (Å²) in [7, 11) is 0. The van der Waals surface area contributed by atoms with Crippen molar-refractivity contribution >= 4 is 0 Å². The Morgan fingerprint density at radius 1 is 1.00 bits per heavy atom. The molecule has 1 N–H and O–H groups in total. The van der Waals surface area contributed by atoms with E-state index in [1.54, 1.807) is 0 Å². The van der Waals surface area contributed by atoms with E-state index in [0.29, 0.717) is 0 Å². The zero-order chi connectivity index (χ0) is 11.8. The van der Waals surface area contributed by atoms with Crippen LogP contribution in [0.15, 0.2) is 30.3 Å². The molecule has 2 rings (SSSR count). The van der Waals surface area contributed by atoms with E-state index in [1.807, 2.05) is 0 Å². The zero-order valence-electron chi connectivity index (χ0n) is 10.8. The quantitative estimate of drug-likeness (QED) is 0.757. The van der Waals surface area contributed by atoms with E-state index in [0.717, 1.165) is 6.04 Å². The largest absolute Gasteiger partial charge is 0.314 e. The fourth-order valence-electron chi connectivity index (χ4n) is 2.71. The minimum atomic E-state index is 0.799. The molecule has 0 amide bonds. The maximum Gasteiger partial charge on any atom is 0.00670 e. The van der Waals surface area contributed by atoms with Crippen LogP contribution in [0.3, 0.4) is 0 Å². The fraction of sp³-hybridized carbons (Fsp3) is 0.625. The Kier molecular flexibility index (Phi) is 5.57. The summed E-state index contributed by atoms with van der Waals surface area (Å²) in [4.78, 5) is 0.